The van der Waals surface area contributed by atoms with Crippen LogP contribution in [-0.2, 0) is 14.3 Å². The van der Waals surface area contributed by atoms with Gasteiger partial charge in [-0.05, 0) is 70.6 Å². The molecule has 0 amide bonds. The Balaban J connectivity index is 3.89. The molecule has 4 heteroatoms. The van der Waals surface area contributed by atoms with Crippen LogP contribution in [0.15, 0.2) is 36.5 Å². The van der Waals surface area contributed by atoms with Crippen LogP contribution in [0.3, 0.4) is 0 Å². The quantitative estimate of drug-likeness (QED) is 0.0539. The highest BCUT2D eigenvalue weighted by Crippen LogP contribution is 2.18. The molecular weight excluding hydrogens is 496 g/mol. The summed E-state index contributed by atoms with van der Waals surface area (Å²) in [6.07, 6.45) is 40.3. The molecule has 232 valence electrons. The minimum atomic E-state index is -0.686. The number of ether oxygens (including phenoxy) is 1. The zero-order valence-electron chi connectivity index (χ0n) is 26.4. The van der Waals surface area contributed by atoms with E-state index >= 15 is 0 Å². The van der Waals surface area contributed by atoms with Gasteiger partial charge in [-0.3, -0.25) is 9.59 Å². The molecule has 4 nitrogen and oxygen atoms in total. The van der Waals surface area contributed by atoms with Crippen molar-refractivity contribution in [2.24, 2.45) is 0 Å². The third-order valence-corrected chi connectivity index (χ3v) is 7.38. The molecule has 1 atom stereocenters. The van der Waals surface area contributed by atoms with Crippen molar-refractivity contribution in [3.63, 3.8) is 0 Å². The van der Waals surface area contributed by atoms with E-state index < -0.39 is 5.97 Å². The lowest BCUT2D eigenvalue weighted by Gasteiger charge is -2.18. The van der Waals surface area contributed by atoms with Gasteiger partial charge in [0.2, 0.25) is 0 Å². The van der Waals surface area contributed by atoms with E-state index in [9.17, 15) is 9.59 Å². The topological polar surface area (TPSA) is 63.6 Å². The van der Waals surface area contributed by atoms with Crippen LogP contribution >= 0.6 is 0 Å². The van der Waals surface area contributed by atoms with Gasteiger partial charge in [-0.2, -0.15) is 0 Å². The predicted molar refractivity (Wildman–Crippen MR) is 172 cm³/mol. The third kappa shape index (κ3) is 30.7. The molecule has 0 aliphatic heterocycles. The molecule has 0 aromatic rings. The van der Waals surface area contributed by atoms with Gasteiger partial charge in [0.15, 0.2) is 0 Å². The second kappa shape index (κ2) is 31.7. The largest absolute Gasteiger partial charge is 0.481 e. The summed E-state index contributed by atoms with van der Waals surface area (Å²) in [6.45, 7) is 4.39. The summed E-state index contributed by atoms with van der Waals surface area (Å²) in [5.74, 6) is -0.683. The normalized spacial score (nSPS) is 12.7. The van der Waals surface area contributed by atoms with E-state index in [1.54, 1.807) is 0 Å². The Morgan fingerprint density at radius 1 is 0.575 bits per heavy atom. The van der Waals surface area contributed by atoms with E-state index in [1.165, 1.54) is 64.2 Å². The number of hydrogen-bond donors (Lipinski definition) is 1. The molecule has 1 unspecified atom stereocenters. The van der Waals surface area contributed by atoms with E-state index in [2.05, 4.69) is 50.3 Å². The Morgan fingerprint density at radius 2 is 1.05 bits per heavy atom. The highest BCUT2D eigenvalue weighted by molar-refractivity contribution is 5.69. The van der Waals surface area contributed by atoms with E-state index in [0.717, 1.165) is 83.5 Å². The first-order chi connectivity index (χ1) is 19.6. The smallest absolute Gasteiger partial charge is 0.306 e. The number of unbranched alkanes of at least 4 members (excludes halogenated alkanes) is 15. The lowest BCUT2D eigenvalue weighted by atomic mass is 10.0. The Kier molecular flexibility index (Phi) is 30.2. The first kappa shape index (κ1) is 38.2. The highest BCUT2D eigenvalue weighted by Gasteiger charge is 2.14. The zero-order valence-corrected chi connectivity index (χ0v) is 26.4. The maximum Gasteiger partial charge on any atom is 0.306 e. The molecule has 40 heavy (non-hydrogen) atoms. The summed E-state index contributed by atoms with van der Waals surface area (Å²) < 4.78 is 5.94. The van der Waals surface area contributed by atoms with Crippen LogP contribution in [0.5, 0.6) is 0 Å². The molecule has 0 saturated carbocycles. The number of aliphatic carboxylic acids is 1. The number of esters is 1. The SMILES string of the molecule is CC/C=C\C/C=C\C/C=C\CCCCCCCC(=O)OC(CCCCCC)CCCCCCCCCCC(=O)O. The van der Waals surface area contributed by atoms with Crippen LogP contribution in [0.1, 0.15) is 174 Å². The minimum Gasteiger partial charge on any atom is -0.481 e. The molecule has 1 N–H and O–H groups in total. The van der Waals surface area contributed by atoms with Crippen molar-refractivity contribution in [2.75, 3.05) is 0 Å². The average molecular weight is 561 g/mol. The van der Waals surface area contributed by atoms with Crippen molar-refractivity contribution in [1.82, 2.24) is 0 Å². The Bertz CT molecular complexity index is 649. The molecular formula is C36H64O4. The van der Waals surface area contributed by atoms with Crippen LogP contribution in [0.4, 0.5) is 0 Å². The fourth-order valence-electron chi connectivity index (χ4n) is 4.90. The van der Waals surface area contributed by atoms with E-state index in [4.69, 9.17) is 9.84 Å². The maximum absolute atomic E-state index is 12.5. The van der Waals surface area contributed by atoms with Crippen molar-refractivity contribution in [2.45, 2.75) is 180 Å². The Labute approximate surface area is 248 Å². The number of carboxylic acids is 1. The molecule has 0 bridgehead atoms. The minimum absolute atomic E-state index is 0.00280. The van der Waals surface area contributed by atoms with E-state index in [1.807, 2.05) is 0 Å². The highest BCUT2D eigenvalue weighted by atomic mass is 16.5. The van der Waals surface area contributed by atoms with Gasteiger partial charge >= 0.3 is 11.9 Å². The molecule has 0 saturated heterocycles. The molecule has 0 spiro atoms. The maximum atomic E-state index is 12.5. The Hall–Kier alpha value is -1.84. The van der Waals surface area contributed by atoms with Gasteiger partial charge in [-0.1, -0.05) is 127 Å². The van der Waals surface area contributed by atoms with Crippen molar-refractivity contribution >= 4 is 11.9 Å². The van der Waals surface area contributed by atoms with Gasteiger partial charge in [0.25, 0.3) is 0 Å². The van der Waals surface area contributed by atoms with Crippen LogP contribution in [0.25, 0.3) is 0 Å². The van der Waals surface area contributed by atoms with Crippen molar-refractivity contribution in [3.8, 4) is 0 Å². The molecule has 0 fully saturated rings. The monoisotopic (exact) mass is 560 g/mol. The van der Waals surface area contributed by atoms with Gasteiger partial charge in [-0.25, -0.2) is 0 Å². The molecule has 0 radical (unpaired) electrons. The summed E-state index contributed by atoms with van der Waals surface area (Å²) in [6, 6.07) is 0. The van der Waals surface area contributed by atoms with Gasteiger partial charge < -0.3 is 9.84 Å². The molecule has 0 rings (SSSR count). The number of hydrogen-bond acceptors (Lipinski definition) is 3. The van der Waals surface area contributed by atoms with Gasteiger partial charge in [-0.15, -0.1) is 0 Å². The van der Waals surface area contributed by atoms with Crippen LogP contribution in [0, 0.1) is 0 Å². The van der Waals surface area contributed by atoms with Crippen LogP contribution in [0.2, 0.25) is 0 Å². The lowest BCUT2D eigenvalue weighted by molar-refractivity contribution is -0.150. The number of carboxylic acid groups (broad SMARTS) is 1. The fourth-order valence-corrected chi connectivity index (χ4v) is 4.90. The first-order valence-corrected chi connectivity index (χ1v) is 17.0. The third-order valence-electron chi connectivity index (χ3n) is 7.38. The lowest BCUT2D eigenvalue weighted by Crippen LogP contribution is -2.18. The fraction of sp³-hybridized carbons (Fsp3) is 0.778. The summed E-state index contributed by atoms with van der Waals surface area (Å²) in [5.41, 5.74) is 0. The number of rotatable bonds is 30. The number of allylic oxidation sites excluding steroid dienone is 6. The number of carbonyl (C=O) groups excluding carboxylic acids is 1. The summed E-state index contributed by atoms with van der Waals surface area (Å²) in [4.78, 5) is 23.1. The summed E-state index contributed by atoms with van der Waals surface area (Å²) in [7, 11) is 0. The summed E-state index contributed by atoms with van der Waals surface area (Å²) >= 11 is 0. The first-order valence-electron chi connectivity index (χ1n) is 17.0. The second-order valence-electron chi connectivity index (χ2n) is 11.3. The van der Waals surface area contributed by atoms with Gasteiger partial charge in [0.1, 0.15) is 6.10 Å². The van der Waals surface area contributed by atoms with Crippen molar-refractivity contribution < 1.29 is 19.4 Å². The number of carbonyl (C=O) groups is 2. The van der Waals surface area contributed by atoms with Crippen molar-refractivity contribution in [3.05, 3.63) is 36.5 Å². The van der Waals surface area contributed by atoms with Gasteiger partial charge in [0.05, 0.1) is 0 Å². The van der Waals surface area contributed by atoms with Crippen LogP contribution < -0.4 is 0 Å². The predicted octanol–water partition coefficient (Wildman–Crippen LogP) is 11.4. The molecule has 0 heterocycles. The van der Waals surface area contributed by atoms with Crippen LogP contribution in [-0.4, -0.2) is 23.1 Å². The standard InChI is InChI=1S/C36H64O4/c1-3-5-7-9-10-11-12-13-14-15-16-17-22-25-29-33-36(39)40-34(30-26-8-6-4-2)31-27-23-20-18-19-21-24-28-32-35(37)38/h5,7,10-11,13-14,34H,3-4,6,8-9,12,15-33H2,1-2H3,(H,37,38)/b7-5-,11-10-,14-13-. The zero-order chi connectivity index (χ0) is 29.4. The molecule has 0 aromatic heterocycles. The van der Waals surface area contributed by atoms with Gasteiger partial charge in [0, 0.05) is 12.8 Å². The molecule has 0 aromatic carbocycles. The second-order valence-corrected chi connectivity index (χ2v) is 11.3. The summed E-state index contributed by atoms with van der Waals surface area (Å²) in [5, 5.41) is 8.69. The van der Waals surface area contributed by atoms with E-state index in [-0.39, 0.29) is 12.1 Å². The molecule has 0 aliphatic carbocycles. The van der Waals surface area contributed by atoms with E-state index in [0.29, 0.717) is 12.8 Å². The van der Waals surface area contributed by atoms with Crippen molar-refractivity contribution in [1.29, 1.82) is 0 Å². The average Bonchev–Trinajstić information content (AvgIpc) is 2.93. The Morgan fingerprint density at radius 3 is 1.62 bits per heavy atom. The molecule has 0 aliphatic rings.